The zero-order chi connectivity index (χ0) is 16.2. The van der Waals surface area contributed by atoms with Gasteiger partial charge in [0.15, 0.2) is 0 Å². The molecular formula is C20H19NO2. The van der Waals surface area contributed by atoms with Gasteiger partial charge in [0.1, 0.15) is 11.3 Å². The molecule has 0 spiro atoms. The maximum Gasteiger partial charge on any atom is 0.244 e. The molecule has 0 bridgehead atoms. The summed E-state index contributed by atoms with van der Waals surface area (Å²) in [7, 11) is 0. The zero-order valence-corrected chi connectivity index (χ0v) is 13.2. The SMILES string of the molecule is Cc1c(C(C)NC(=O)/C=C/c2ccccc2)oc2ccccc12. The average molecular weight is 305 g/mol. The predicted molar refractivity (Wildman–Crippen MR) is 93.0 cm³/mol. The van der Waals surface area contributed by atoms with Crippen molar-refractivity contribution in [1.82, 2.24) is 5.32 Å². The molecule has 0 saturated heterocycles. The molecule has 0 saturated carbocycles. The molecule has 1 N–H and O–H groups in total. The average Bonchev–Trinajstić information content (AvgIpc) is 2.91. The third-order valence-corrected chi connectivity index (χ3v) is 3.86. The molecule has 3 nitrogen and oxygen atoms in total. The first-order chi connectivity index (χ1) is 11.1. The van der Waals surface area contributed by atoms with Gasteiger partial charge in [0.2, 0.25) is 5.91 Å². The number of carbonyl (C=O) groups excluding carboxylic acids is 1. The van der Waals surface area contributed by atoms with E-state index in [1.54, 1.807) is 12.2 Å². The van der Waals surface area contributed by atoms with Gasteiger partial charge in [0, 0.05) is 17.0 Å². The molecule has 3 aromatic rings. The van der Waals surface area contributed by atoms with E-state index >= 15 is 0 Å². The van der Waals surface area contributed by atoms with E-state index in [4.69, 9.17) is 4.42 Å². The monoisotopic (exact) mass is 305 g/mol. The second-order valence-corrected chi connectivity index (χ2v) is 5.56. The predicted octanol–water partition coefficient (Wildman–Crippen LogP) is 4.63. The van der Waals surface area contributed by atoms with Gasteiger partial charge in [-0.3, -0.25) is 4.79 Å². The number of fused-ring (bicyclic) bond motifs is 1. The Labute approximate surface area is 135 Å². The molecule has 23 heavy (non-hydrogen) atoms. The third-order valence-electron chi connectivity index (χ3n) is 3.86. The summed E-state index contributed by atoms with van der Waals surface area (Å²) < 4.78 is 5.89. The van der Waals surface area contributed by atoms with Gasteiger partial charge in [-0.1, -0.05) is 48.5 Å². The molecule has 0 fully saturated rings. The Balaban J connectivity index is 1.73. The number of para-hydroxylation sites is 1. The number of hydrogen-bond donors (Lipinski definition) is 1. The minimum Gasteiger partial charge on any atom is -0.459 e. The number of carbonyl (C=O) groups is 1. The van der Waals surface area contributed by atoms with Crippen LogP contribution in [0.1, 0.15) is 29.9 Å². The van der Waals surface area contributed by atoms with E-state index in [0.717, 1.165) is 27.9 Å². The van der Waals surface area contributed by atoms with E-state index in [9.17, 15) is 4.79 Å². The lowest BCUT2D eigenvalue weighted by Crippen LogP contribution is -2.24. The first-order valence-electron chi connectivity index (χ1n) is 7.67. The lowest BCUT2D eigenvalue weighted by Gasteiger charge is -2.10. The van der Waals surface area contributed by atoms with Gasteiger partial charge >= 0.3 is 0 Å². The van der Waals surface area contributed by atoms with Crippen LogP contribution < -0.4 is 5.32 Å². The fourth-order valence-electron chi connectivity index (χ4n) is 2.67. The largest absolute Gasteiger partial charge is 0.459 e. The first kappa shape index (κ1) is 15.1. The van der Waals surface area contributed by atoms with Crippen molar-refractivity contribution in [2.75, 3.05) is 0 Å². The van der Waals surface area contributed by atoms with Crippen LogP contribution >= 0.6 is 0 Å². The molecule has 1 heterocycles. The molecule has 1 amide bonds. The van der Waals surface area contributed by atoms with Crippen molar-refractivity contribution in [2.24, 2.45) is 0 Å². The number of furan rings is 1. The number of benzene rings is 2. The summed E-state index contributed by atoms with van der Waals surface area (Å²) in [4.78, 5) is 12.1. The summed E-state index contributed by atoms with van der Waals surface area (Å²) in [5.41, 5.74) is 2.91. The second kappa shape index (κ2) is 6.53. The Bertz CT molecular complexity index is 846. The molecule has 1 unspecified atom stereocenters. The first-order valence-corrected chi connectivity index (χ1v) is 7.67. The molecule has 116 valence electrons. The van der Waals surface area contributed by atoms with Crippen molar-refractivity contribution in [3.05, 3.63) is 77.6 Å². The minimum absolute atomic E-state index is 0.138. The summed E-state index contributed by atoms with van der Waals surface area (Å²) >= 11 is 0. The fourth-order valence-corrected chi connectivity index (χ4v) is 2.67. The Kier molecular flexibility index (Phi) is 4.29. The summed E-state index contributed by atoms with van der Waals surface area (Å²) in [6.07, 6.45) is 3.34. The van der Waals surface area contributed by atoms with Crippen molar-refractivity contribution in [3.8, 4) is 0 Å². The Morgan fingerprint density at radius 2 is 1.78 bits per heavy atom. The Hall–Kier alpha value is -2.81. The normalized spacial score (nSPS) is 12.6. The van der Waals surface area contributed by atoms with Gasteiger partial charge in [-0.15, -0.1) is 0 Å². The molecule has 0 aliphatic heterocycles. The maximum absolute atomic E-state index is 12.1. The molecule has 1 atom stereocenters. The van der Waals surface area contributed by atoms with E-state index in [0.29, 0.717) is 0 Å². The highest BCUT2D eigenvalue weighted by molar-refractivity contribution is 5.92. The molecule has 3 heteroatoms. The molecule has 0 radical (unpaired) electrons. The van der Waals surface area contributed by atoms with E-state index in [2.05, 4.69) is 5.32 Å². The lowest BCUT2D eigenvalue weighted by molar-refractivity contribution is -0.117. The minimum atomic E-state index is -0.185. The molecule has 1 aromatic heterocycles. The standard InChI is InChI=1S/C20H19NO2/c1-14-17-10-6-7-11-18(17)23-20(14)15(2)21-19(22)13-12-16-8-4-3-5-9-16/h3-13,15H,1-2H3,(H,21,22)/b13-12+. The number of rotatable bonds is 4. The van der Waals surface area contributed by atoms with Gasteiger partial charge < -0.3 is 9.73 Å². The number of hydrogen-bond acceptors (Lipinski definition) is 2. The van der Waals surface area contributed by atoms with Crippen molar-refractivity contribution in [2.45, 2.75) is 19.9 Å². The van der Waals surface area contributed by atoms with Gasteiger partial charge in [0.05, 0.1) is 6.04 Å². The van der Waals surface area contributed by atoms with Gasteiger partial charge in [-0.25, -0.2) is 0 Å². The van der Waals surface area contributed by atoms with Crippen LogP contribution in [0.4, 0.5) is 0 Å². The smallest absolute Gasteiger partial charge is 0.244 e. The second-order valence-electron chi connectivity index (χ2n) is 5.56. The molecule has 0 aliphatic carbocycles. The van der Waals surface area contributed by atoms with Crippen molar-refractivity contribution < 1.29 is 9.21 Å². The Morgan fingerprint density at radius 3 is 2.52 bits per heavy atom. The highest BCUT2D eigenvalue weighted by Gasteiger charge is 2.17. The van der Waals surface area contributed by atoms with Crippen LogP contribution in [0.25, 0.3) is 17.0 Å². The number of amides is 1. The molecule has 3 rings (SSSR count). The van der Waals surface area contributed by atoms with E-state index in [1.165, 1.54) is 0 Å². The van der Waals surface area contributed by atoms with Crippen LogP contribution in [-0.4, -0.2) is 5.91 Å². The highest BCUT2D eigenvalue weighted by atomic mass is 16.3. The van der Waals surface area contributed by atoms with Gasteiger partial charge in [-0.05, 0) is 31.6 Å². The maximum atomic E-state index is 12.1. The Morgan fingerprint density at radius 1 is 1.09 bits per heavy atom. The van der Waals surface area contributed by atoms with E-state index in [1.807, 2.05) is 68.4 Å². The van der Waals surface area contributed by atoms with E-state index in [-0.39, 0.29) is 11.9 Å². The van der Waals surface area contributed by atoms with Crippen molar-refractivity contribution in [3.63, 3.8) is 0 Å². The summed E-state index contributed by atoms with van der Waals surface area (Å²) in [6, 6.07) is 17.5. The van der Waals surface area contributed by atoms with Crippen LogP contribution in [0.15, 0.2) is 65.1 Å². The summed E-state index contributed by atoms with van der Waals surface area (Å²) in [5.74, 6) is 0.661. The quantitative estimate of drug-likeness (QED) is 0.714. The van der Waals surface area contributed by atoms with Crippen LogP contribution in [0.5, 0.6) is 0 Å². The molecular weight excluding hydrogens is 286 g/mol. The fraction of sp³-hybridized carbons (Fsp3) is 0.150. The lowest BCUT2D eigenvalue weighted by atomic mass is 10.1. The van der Waals surface area contributed by atoms with Crippen molar-refractivity contribution >= 4 is 23.0 Å². The number of nitrogens with one attached hydrogen (secondary N) is 1. The van der Waals surface area contributed by atoms with Gasteiger partial charge in [0.25, 0.3) is 0 Å². The summed E-state index contributed by atoms with van der Waals surface area (Å²) in [5, 5.41) is 4.04. The van der Waals surface area contributed by atoms with Crippen LogP contribution in [0.2, 0.25) is 0 Å². The van der Waals surface area contributed by atoms with Crippen LogP contribution in [0.3, 0.4) is 0 Å². The summed E-state index contributed by atoms with van der Waals surface area (Å²) in [6.45, 7) is 3.95. The van der Waals surface area contributed by atoms with Crippen LogP contribution in [0, 0.1) is 6.92 Å². The zero-order valence-electron chi connectivity index (χ0n) is 13.2. The number of aryl methyl sites for hydroxylation is 1. The van der Waals surface area contributed by atoms with Crippen molar-refractivity contribution in [1.29, 1.82) is 0 Å². The van der Waals surface area contributed by atoms with E-state index < -0.39 is 0 Å². The highest BCUT2D eigenvalue weighted by Crippen LogP contribution is 2.29. The third kappa shape index (κ3) is 3.34. The van der Waals surface area contributed by atoms with Gasteiger partial charge in [-0.2, -0.15) is 0 Å². The molecule has 2 aromatic carbocycles. The topological polar surface area (TPSA) is 42.2 Å². The van der Waals surface area contributed by atoms with Crippen LogP contribution in [-0.2, 0) is 4.79 Å². The molecule has 0 aliphatic rings.